The van der Waals surface area contributed by atoms with Crippen molar-refractivity contribution in [1.29, 1.82) is 0 Å². The summed E-state index contributed by atoms with van der Waals surface area (Å²) < 4.78 is 11.0. The number of methoxy groups -OCH3 is 1. The second-order valence-corrected chi connectivity index (χ2v) is 6.89. The first-order chi connectivity index (χ1) is 15.1. The summed E-state index contributed by atoms with van der Waals surface area (Å²) >= 11 is 0. The standard InChI is InChI=1S/C25H26N2O4/c1-3-23(31-20-15-13-19(30-2)14-16-20)25(29)27-22-12-8-7-11-21(22)24(28)26-17-18-9-5-4-6-10-18/h4-16,23H,3,17H2,1-2H3,(H,26,28)(H,27,29)/t23-/m1/s1. The topological polar surface area (TPSA) is 76.7 Å². The van der Waals surface area contributed by atoms with Crippen molar-refractivity contribution in [3.8, 4) is 11.5 Å². The van der Waals surface area contributed by atoms with E-state index in [0.29, 0.717) is 35.7 Å². The number of benzene rings is 3. The second kappa shape index (κ2) is 10.8. The molecule has 0 unspecified atom stereocenters. The molecule has 0 fully saturated rings. The smallest absolute Gasteiger partial charge is 0.265 e. The molecule has 0 radical (unpaired) electrons. The summed E-state index contributed by atoms with van der Waals surface area (Å²) in [6, 6.07) is 23.6. The molecule has 6 nitrogen and oxygen atoms in total. The fourth-order valence-corrected chi connectivity index (χ4v) is 3.02. The second-order valence-electron chi connectivity index (χ2n) is 6.89. The molecule has 0 bridgehead atoms. The zero-order valence-corrected chi connectivity index (χ0v) is 17.6. The zero-order valence-electron chi connectivity index (χ0n) is 17.6. The minimum Gasteiger partial charge on any atom is -0.497 e. The molecule has 0 saturated heterocycles. The van der Waals surface area contributed by atoms with Crippen molar-refractivity contribution in [2.45, 2.75) is 26.0 Å². The maximum Gasteiger partial charge on any atom is 0.265 e. The number of nitrogens with one attached hydrogen (secondary N) is 2. The van der Waals surface area contributed by atoms with Crippen molar-refractivity contribution in [2.24, 2.45) is 0 Å². The fraction of sp³-hybridized carbons (Fsp3) is 0.200. The SMILES string of the molecule is CC[C@@H](Oc1ccc(OC)cc1)C(=O)Nc1ccccc1C(=O)NCc1ccccc1. The number of ether oxygens (including phenoxy) is 2. The maximum absolute atomic E-state index is 12.8. The van der Waals surface area contributed by atoms with Gasteiger partial charge in [-0.15, -0.1) is 0 Å². The Bertz CT molecular complexity index is 1000. The third-order valence-corrected chi connectivity index (χ3v) is 4.73. The summed E-state index contributed by atoms with van der Waals surface area (Å²) in [4.78, 5) is 25.5. The first kappa shape index (κ1) is 21.9. The van der Waals surface area contributed by atoms with E-state index in [1.807, 2.05) is 37.3 Å². The van der Waals surface area contributed by atoms with Crippen LogP contribution in [-0.2, 0) is 11.3 Å². The number of amides is 2. The predicted octanol–water partition coefficient (Wildman–Crippen LogP) is 4.42. The molecule has 3 aromatic carbocycles. The third-order valence-electron chi connectivity index (χ3n) is 4.73. The van der Waals surface area contributed by atoms with Gasteiger partial charge in [0.2, 0.25) is 0 Å². The van der Waals surface area contributed by atoms with E-state index in [1.54, 1.807) is 55.6 Å². The van der Waals surface area contributed by atoms with Gasteiger partial charge in [-0.3, -0.25) is 9.59 Å². The molecule has 6 heteroatoms. The molecule has 2 amide bonds. The Labute approximate surface area is 182 Å². The van der Waals surface area contributed by atoms with Crippen LogP contribution in [0.3, 0.4) is 0 Å². The molecule has 0 aliphatic rings. The van der Waals surface area contributed by atoms with E-state index in [1.165, 1.54) is 0 Å². The van der Waals surface area contributed by atoms with Crippen molar-refractivity contribution < 1.29 is 19.1 Å². The van der Waals surface area contributed by atoms with Gasteiger partial charge in [0, 0.05) is 6.54 Å². The van der Waals surface area contributed by atoms with E-state index in [9.17, 15) is 9.59 Å². The number of rotatable bonds is 9. The molecule has 3 aromatic rings. The number of anilines is 1. The van der Waals surface area contributed by atoms with Crippen molar-refractivity contribution in [1.82, 2.24) is 5.32 Å². The number of hydrogen-bond acceptors (Lipinski definition) is 4. The lowest BCUT2D eigenvalue weighted by atomic mass is 10.1. The lowest BCUT2D eigenvalue weighted by molar-refractivity contribution is -0.122. The highest BCUT2D eigenvalue weighted by atomic mass is 16.5. The van der Waals surface area contributed by atoms with Crippen LogP contribution in [-0.4, -0.2) is 25.0 Å². The molecule has 3 rings (SSSR count). The summed E-state index contributed by atoms with van der Waals surface area (Å²) in [5.74, 6) is 0.697. The fourth-order valence-electron chi connectivity index (χ4n) is 3.02. The number of hydrogen-bond donors (Lipinski definition) is 2. The van der Waals surface area contributed by atoms with Gasteiger partial charge in [0.15, 0.2) is 6.10 Å². The van der Waals surface area contributed by atoms with Crippen LogP contribution in [0.25, 0.3) is 0 Å². The first-order valence-electron chi connectivity index (χ1n) is 10.1. The molecule has 1 atom stereocenters. The Morgan fingerprint density at radius 3 is 2.19 bits per heavy atom. The monoisotopic (exact) mass is 418 g/mol. The maximum atomic E-state index is 12.8. The Kier molecular flexibility index (Phi) is 7.65. The lowest BCUT2D eigenvalue weighted by Crippen LogP contribution is -2.33. The largest absolute Gasteiger partial charge is 0.497 e. The van der Waals surface area contributed by atoms with Crippen LogP contribution in [0.1, 0.15) is 29.3 Å². The molecule has 0 heterocycles. The van der Waals surface area contributed by atoms with Crippen LogP contribution < -0.4 is 20.1 Å². The summed E-state index contributed by atoms with van der Waals surface area (Å²) in [5.41, 5.74) is 1.83. The Balaban J connectivity index is 1.66. The number of carbonyl (C=O) groups excluding carboxylic acids is 2. The highest BCUT2D eigenvalue weighted by Crippen LogP contribution is 2.21. The molecule has 31 heavy (non-hydrogen) atoms. The van der Waals surface area contributed by atoms with Crippen LogP contribution in [0, 0.1) is 0 Å². The van der Waals surface area contributed by atoms with Crippen molar-refractivity contribution >= 4 is 17.5 Å². The highest BCUT2D eigenvalue weighted by Gasteiger charge is 2.21. The summed E-state index contributed by atoms with van der Waals surface area (Å²) in [5, 5.41) is 5.72. The van der Waals surface area contributed by atoms with E-state index in [-0.39, 0.29) is 11.8 Å². The summed E-state index contributed by atoms with van der Waals surface area (Å²) in [7, 11) is 1.59. The van der Waals surface area contributed by atoms with Gasteiger partial charge < -0.3 is 20.1 Å². The molecule has 0 spiro atoms. The number of para-hydroxylation sites is 1. The predicted molar refractivity (Wildman–Crippen MR) is 120 cm³/mol. The van der Waals surface area contributed by atoms with Gasteiger partial charge >= 0.3 is 0 Å². The van der Waals surface area contributed by atoms with E-state index < -0.39 is 6.10 Å². The van der Waals surface area contributed by atoms with E-state index in [0.717, 1.165) is 5.56 Å². The minimum atomic E-state index is -0.700. The Morgan fingerprint density at radius 2 is 1.52 bits per heavy atom. The molecule has 0 aliphatic carbocycles. The normalized spacial score (nSPS) is 11.3. The van der Waals surface area contributed by atoms with Gasteiger partial charge in [0.1, 0.15) is 11.5 Å². The molecular weight excluding hydrogens is 392 g/mol. The van der Waals surface area contributed by atoms with Gasteiger partial charge in [-0.25, -0.2) is 0 Å². The van der Waals surface area contributed by atoms with Crippen molar-refractivity contribution in [3.05, 3.63) is 90.0 Å². The van der Waals surface area contributed by atoms with E-state index in [4.69, 9.17) is 9.47 Å². The highest BCUT2D eigenvalue weighted by molar-refractivity contribution is 6.04. The number of carbonyl (C=O) groups is 2. The van der Waals surface area contributed by atoms with Crippen LogP contribution in [0.2, 0.25) is 0 Å². The zero-order chi connectivity index (χ0) is 22.1. The molecule has 160 valence electrons. The first-order valence-corrected chi connectivity index (χ1v) is 10.1. The molecular formula is C25H26N2O4. The average Bonchev–Trinajstić information content (AvgIpc) is 2.82. The van der Waals surface area contributed by atoms with Gasteiger partial charge in [-0.05, 0) is 48.4 Å². The van der Waals surface area contributed by atoms with E-state index >= 15 is 0 Å². The molecule has 0 aromatic heterocycles. The Hall–Kier alpha value is -3.80. The van der Waals surface area contributed by atoms with Gasteiger partial charge in [-0.1, -0.05) is 49.4 Å². The Morgan fingerprint density at radius 1 is 0.871 bits per heavy atom. The van der Waals surface area contributed by atoms with Crippen LogP contribution in [0.5, 0.6) is 11.5 Å². The molecule has 0 saturated carbocycles. The van der Waals surface area contributed by atoms with Gasteiger partial charge in [-0.2, -0.15) is 0 Å². The van der Waals surface area contributed by atoms with Crippen LogP contribution in [0.15, 0.2) is 78.9 Å². The molecule has 0 aliphatic heterocycles. The minimum absolute atomic E-state index is 0.260. The van der Waals surface area contributed by atoms with Gasteiger partial charge in [0.25, 0.3) is 11.8 Å². The lowest BCUT2D eigenvalue weighted by Gasteiger charge is -2.18. The summed E-state index contributed by atoms with van der Waals surface area (Å²) in [6.07, 6.45) is -0.228. The quantitative estimate of drug-likeness (QED) is 0.539. The average molecular weight is 418 g/mol. The van der Waals surface area contributed by atoms with Crippen LogP contribution in [0.4, 0.5) is 5.69 Å². The van der Waals surface area contributed by atoms with E-state index in [2.05, 4.69) is 10.6 Å². The summed E-state index contributed by atoms with van der Waals surface area (Å²) in [6.45, 7) is 2.27. The molecule has 2 N–H and O–H groups in total. The van der Waals surface area contributed by atoms with Crippen LogP contribution >= 0.6 is 0 Å². The third kappa shape index (κ3) is 6.09. The van der Waals surface area contributed by atoms with Gasteiger partial charge in [0.05, 0.1) is 18.4 Å². The van der Waals surface area contributed by atoms with Crippen molar-refractivity contribution in [3.63, 3.8) is 0 Å². The van der Waals surface area contributed by atoms with Crippen molar-refractivity contribution in [2.75, 3.05) is 12.4 Å².